The highest BCUT2D eigenvalue weighted by Crippen LogP contribution is 2.24. The van der Waals surface area contributed by atoms with Gasteiger partial charge in [0.2, 0.25) is 5.91 Å². The summed E-state index contributed by atoms with van der Waals surface area (Å²) < 4.78 is 2.87. The van der Waals surface area contributed by atoms with E-state index in [-0.39, 0.29) is 5.91 Å². The highest BCUT2D eigenvalue weighted by molar-refractivity contribution is 7.98. The van der Waals surface area contributed by atoms with E-state index >= 15 is 0 Å². The lowest BCUT2D eigenvalue weighted by Gasteiger charge is -2.08. The maximum Gasteiger partial charge on any atom is 0.230 e. The predicted octanol–water partition coefficient (Wildman–Crippen LogP) is 4.23. The molecule has 1 N–H and O–H groups in total. The number of carbonyl (C=O) groups is 1. The van der Waals surface area contributed by atoms with Crippen LogP contribution in [-0.2, 0) is 4.79 Å². The highest BCUT2D eigenvalue weighted by atomic mass is 32.2. The molecule has 0 aliphatic heterocycles. The second-order valence-electron chi connectivity index (χ2n) is 5.39. The number of amides is 1. The molecule has 0 unspecified atom stereocenters. The van der Waals surface area contributed by atoms with Crippen molar-refractivity contribution in [2.75, 3.05) is 0 Å². The number of hydrogen-bond acceptors (Lipinski definition) is 3. The Hall–Kier alpha value is -1.81. The number of nitrogens with one attached hydrogen (secondary N) is 1. The van der Waals surface area contributed by atoms with Crippen molar-refractivity contribution in [3.05, 3.63) is 48.3 Å². The van der Waals surface area contributed by atoms with Gasteiger partial charge in [-0.25, -0.2) is 0 Å². The summed E-state index contributed by atoms with van der Waals surface area (Å²) in [6.45, 7) is 6.08. The maximum absolute atomic E-state index is 11.6. The molecule has 0 atom stereocenters. The molecule has 0 aliphatic carbocycles. The molecule has 0 saturated heterocycles. The third-order valence-corrected chi connectivity index (χ3v) is 3.89. The molecule has 21 heavy (non-hydrogen) atoms. The molecule has 2 aromatic rings. The molecule has 1 heterocycles. The lowest BCUT2D eigenvalue weighted by atomic mass is 10.1. The number of benzene rings is 1. The van der Waals surface area contributed by atoms with Gasteiger partial charge in [0.1, 0.15) is 0 Å². The average molecular weight is 300 g/mol. The van der Waals surface area contributed by atoms with Gasteiger partial charge in [-0.1, -0.05) is 32.0 Å². The van der Waals surface area contributed by atoms with Crippen LogP contribution in [0.3, 0.4) is 0 Å². The summed E-state index contributed by atoms with van der Waals surface area (Å²) in [5.74, 6) is 0.448. The fraction of sp³-hybridized carbons (Fsp3) is 0.294. The van der Waals surface area contributed by atoms with Gasteiger partial charge in [0, 0.05) is 28.8 Å². The smallest absolute Gasteiger partial charge is 0.230 e. The van der Waals surface area contributed by atoms with Crippen LogP contribution < -0.4 is 4.72 Å². The van der Waals surface area contributed by atoms with Crippen LogP contribution >= 0.6 is 11.9 Å². The quantitative estimate of drug-likeness (QED) is 0.840. The number of aryl methyl sites for hydroxylation is 1. The molecule has 2 rings (SSSR count). The monoisotopic (exact) mass is 300 g/mol. The van der Waals surface area contributed by atoms with Gasteiger partial charge in [-0.15, -0.1) is 0 Å². The predicted molar refractivity (Wildman–Crippen MR) is 87.9 cm³/mol. The number of nitrogens with zero attached hydrogens (tertiary/aromatic N) is 1. The summed E-state index contributed by atoms with van der Waals surface area (Å²) >= 11 is 1.36. The molecule has 0 bridgehead atoms. The molecule has 0 saturated carbocycles. The summed E-state index contributed by atoms with van der Waals surface area (Å²) in [6, 6.07) is 12.2. The van der Waals surface area contributed by atoms with Crippen LogP contribution in [0.15, 0.2) is 47.5 Å². The van der Waals surface area contributed by atoms with E-state index in [0.717, 1.165) is 21.7 Å². The van der Waals surface area contributed by atoms with Crippen LogP contribution in [0.1, 0.15) is 26.0 Å². The van der Waals surface area contributed by atoms with Crippen LogP contribution in [0.4, 0.5) is 0 Å². The lowest BCUT2D eigenvalue weighted by Crippen LogP contribution is -2.17. The zero-order chi connectivity index (χ0) is 15.2. The number of carbonyl (C=O) groups excluding carboxylic acids is 1. The molecule has 0 spiro atoms. The van der Waals surface area contributed by atoms with E-state index in [1.54, 1.807) is 6.20 Å². The Labute approximate surface area is 130 Å². The van der Waals surface area contributed by atoms with Gasteiger partial charge in [-0.05, 0) is 48.6 Å². The van der Waals surface area contributed by atoms with E-state index in [1.807, 2.05) is 39.0 Å². The Morgan fingerprint density at radius 2 is 1.95 bits per heavy atom. The molecule has 0 aliphatic rings. The van der Waals surface area contributed by atoms with Crippen LogP contribution in [-0.4, -0.2) is 10.9 Å². The largest absolute Gasteiger partial charge is 0.296 e. The molecule has 0 radical (unpaired) electrons. The Morgan fingerprint density at radius 3 is 2.57 bits per heavy atom. The first kappa shape index (κ1) is 15.6. The minimum absolute atomic E-state index is 0.0715. The SMILES string of the molecule is Cc1ncccc1-c1ccc(SNC(=O)CC(C)C)cc1. The van der Waals surface area contributed by atoms with Gasteiger partial charge >= 0.3 is 0 Å². The Balaban J connectivity index is 2.00. The highest BCUT2D eigenvalue weighted by Gasteiger charge is 2.06. The Bertz CT molecular complexity index is 608. The van der Waals surface area contributed by atoms with Gasteiger partial charge in [0.15, 0.2) is 0 Å². The minimum atomic E-state index is 0.0715. The fourth-order valence-electron chi connectivity index (χ4n) is 2.02. The van der Waals surface area contributed by atoms with E-state index in [0.29, 0.717) is 12.3 Å². The number of hydrogen-bond donors (Lipinski definition) is 1. The summed E-state index contributed by atoms with van der Waals surface area (Å²) in [6.07, 6.45) is 2.35. The van der Waals surface area contributed by atoms with Gasteiger partial charge in [-0.3, -0.25) is 14.5 Å². The van der Waals surface area contributed by atoms with Crippen LogP contribution in [0.2, 0.25) is 0 Å². The van der Waals surface area contributed by atoms with Crippen LogP contribution in [0.25, 0.3) is 11.1 Å². The van der Waals surface area contributed by atoms with Gasteiger partial charge in [0.25, 0.3) is 0 Å². The third-order valence-electron chi connectivity index (χ3n) is 3.05. The molecule has 1 aromatic carbocycles. The van der Waals surface area contributed by atoms with E-state index < -0.39 is 0 Å². The van der Waals surface area contributed by atoms with Crippen LogP contribution in [0.5, 0.6) is 0 Å². The molecular weight excluding hydrogens is 280 g/mol. The molecule has 1 amide bonds. The molecule has 0 fully saturated rings. The van der Waals surface area contributed by atoms with Crippen molar-refractivity contribution >= 4 is 17.9 Å². The first-order valence-electron chi connectivity index (χ1n) is 7.04. The third kappa shape index (κ3) is 4.60. The molecule has 1 aromatic heterocycles. The van der Waals surface area contributed by atoms with E-state index in [1.165, 1.54) is 11.9 Å². The summed E-state index contributed by atoms with van der Waals surface area (Å²) in [5.41, 5.74) is 3.29. The first-order chi connectivity index (χ1) is 10.1. The van der Waals surface area contributed by atoms with Crippen molar-refractivity contribution in [3.8, 4) is 11.1 Å². The van der Waals surface area contributed by atoms with E-state index in [4.69, 9.17) is 0 Å². The number of aromatic nitrogens is 1. The van der Waals surface area contributed by atoms with Crippen molar-refractivity contribution in [3.63, 3.8) is 0 Å². The van der Waals surface area contributed by atoms with Crippen molar-refractivity contribution in [1.29, 1.82) is 0 Å². The summed E-state index contributed by atoms with van der Waals surface area (Å²) in [4.78, 5) is 16.9. The second-order valence-corrected chi connectivity index (χ2v) is 6.27. The molecular formula is C17H20N2OS. The Kier molecular flexibility index (Phi) is 5.39. The van der Waals surface area contributed by atoms with E-state index in [9.17, 15) is 4.79 Å². The maximum atomic E-state index is 11.6. The van der Waals surface area contributed by atoms with Gasteiger partial charge in [0.05, 0.1) is 0 Å². The molecule has 4 heteroatoms. The molecule has 110 valence electrons. The first-order valence-corrected chi connectivity index (χ1v) is 7.85. The zero-order valence-electron chi connectivity index (χ0n) is 12.6. The number of rotatable bonds is 5. The molecule has 3 nitrogen and oxygen atoms in total. The lowest BCUT2D eigenvalue weighted by molar-refractivity contribution is -0.119. The number of pyridine rings is 1. The fourth-order valence-corrected chi connectivity index (χ4v) is 2.61. The van der Waals surface area contributed by atoms with Crippen LogP contribution in [0, 0.1) is 12.8 Å². The normalized spacial score (nSPS) is 10.7. The average Bonchev–Trinajstić information content (AvgIpc) is 2.46. The van der Waals surface area contributed by atoms with Crippen molar-refractivity contribution in [2.24, 2.45) is 5.92 Å². The van der Waals surface area contributed by atoms with E-state index in [2.05, 4.69) is 27.9 Å². The van der Waals surface area contributed by atoms with Crippen molar-refractivity contribution in [2.45, 2.75) is 32.1 Å². The Morgan fingerprint density at radius 1 is 1.24 bits per heavy atom. The summed E-state index contributed by atoms with van der Waals surface area (Å²) in [7, 11) is 0. The topological polar surface area (TPSA) is 42.0 Å². The van der Waals surface area contributed by atoms with Crippen molar-refractivity contribution in [1.82, 2.24) is 9.71 Å². The van der Waals surface area contributed by atoms with Gasteiger partial charge in [-0.2, -0.15) is 0 Å². The van der Waals surface area contributed by atoms with Crippen molar-refractivity contribution < 1.29 is 4.79 Å². The zero-order valence-corrected chi connectivity index (χ0v) is 13.4. The second kappa shape index (κ2) is 7.27. The minimum Gasteiger partial charge on any atom is -0.296 e. The van der Waals surface area contributed by atoms with Gasteiger partial charge < -0.3 is 0 Å². The summed E-state index contributed by atoms with van der Waals surface area (Å²) in [5, 5.41) is 0. The standard InChI is InChI=1S/C17H20N2OS/c1-12(2)11-17(20)19-21-15-8-6-14(7-9-15)16-5-4-10-18-13(16)3/h4-10,12H,11H2,1-3H3,(H,19,20).